The van der Waals surface area contributed by atoms with E-state index in [1.807, 2.05) is 6.07 Å². The molecule has 14 heavy (non-hydrogen) atoms. The molecule has 0 bridgehead atoms. The third-order valence-electron chi connectivity index (χ3n) is 2.20. The van der Waals surface area contributed by atoms with Gasteiger partial charge in [-0.1, -0.05) is 31.8 Å². The zero-order valence-corrected chi connectivity index (χ0v) is 9.89. The van der Waals surface area contributed by atoms with Crippen molar-refractivity contribution in [3.05, 3.63) is 30.1 Å². The highest BCUT2D eigenvalue weighted by Crippen LogP contribution is 2.19. The van der Waals surface area contributed by atoms with E-state index < -0.39 is 8.07 Å². The van der Waals surface area contributed by atoms with Crippen molar-refractivity contribution in [3.8, 4) is 0 Å². The first-order valence-electron chi connectivity index (χ1n) is 4.90. The first-order valence-corrected chi connectivity index (χ1v) is 8.61. The molecule has 73 valence electrons. The quantitative estimate of drug-likeness (QED) is 0.747. The van der Waals surface area contributed by atoms with Crippen LogP contribution < -0.4 is 0 Å². The molecule has 1 aromatic carbocycles. The number of nitrogens with zero attached hydrogens (tertiary/aromatic N) is 1. The van der Waals surface area contributed by atoms with Gasteiger partial charge in [-0.3, -0.25) is 0 Å². The zero-order chi connectivity index (χ0) is 10.2. The van der Waals surface area contributed by atoms with E-state index in [0.29, 0.717) is 0 Å². The predicted octanol–water partition coefficient (Wildman–Crippen LogP) is 2.78. The molecule has 3 heteroatoms. The number of rotatable bonds is 2. The topological polar surface area (TPSA) is 28.7 Å². The van der Waals surface area contributed by atoms with Crippen molar-refractivity contribution < 1.29 is 0 Å². The lowest BCUT2D eigenvalue weighted by Gasteiger charge is -2.15. The standard InChI is InChI=1S/C11H15N2Si/c1-14(2,3)7-9-5-4-6-10-11(9)13-8-12-10/h4-6H,7H2,1-3H3,(H,12,13). The summed E-state index contributed by atoms with van der Waals surface area (Å²) in [5, 5.41) is 0. The predicted molar refractivity (Wildman–Crippen MR) is 62.0 cm³/mol. The maximum atomic E-state index is 4.24. The highest BCUT2D eigenvalue weighted by Gasteiger charge is 2.16. The van der Waals surface area contributed by atoms with Crippen molar-refractivity contribution in [2.45, 2.75) is 25.7 Å². The van der Waals surface area contributed by atoms with Crippen LogP contribution >= 0.6 is 0 Å². The minimum absolute atomic E-state index is 1.06. The number of hydrogen-bond donors (Lipinski definition) is 1. The van der Waals surface area contributed by atoms with Gasteiger partial charge in [0.1, 0.15) is 0 Å². The van der Waals surface area contributed by atoms with E-state index in [1.165, 1.54) is 11.6 Å². The molecule has 0 spiro atoms. The van der Waals surface area contributed by atoms with Crippen LogP contribution in [0.2, 0.25) is 19.6 Å². The molecule has 0 amide bonds. The molecule has 2 rings (SSSR count). The number of aromatic amines is 1. The number of fused-ring (bicyclic) bond motifs is 1. The van der Waals surface area contributed by atoms with Crippen LogP contribution in [0.4, 0.5) is 0 Å². The van der Waals surface area contributed by atoms with Gasteiger partial charge in [0, 0.05) is 8.07 Å². The molecular weight excluding hydrogens is 188 g/mol. The Balaban J connectivity index is 2.46. The van der Waals surface area contributed by atoms with Gasteiger partial charge in [0.05, 0.1) is 11.0 Å². The van der Waals surface area contributed by atoms with E-state index in [4.69, 9.17) is 0 Å². The molecule has 1 radical (unpaired) electrons. The largest absolute Gasteiger partial charge is 0.335 e. The molecule has 0 aliphatic carbocycles. The average molecular weight is 203 g/mol. The lowest BCUT2D eigenvalue weighted by molar-refractivity contribution is 1.29. The number of hydrogen-bond acceptors (Lipinski definition) is 1. The Bertz CT molecular complexity index is 440. The number of H-pyrrole nitrogens is 1. The van der Waals surface area contributed by atoms with E-state index in [1.54, 1.807) is 0 Å². The fourth-order valence-corrected chi connectivity index (χ4v) is 3.11. The first-order chi connectivity index (χ1) is 6.56. The van der Waals surface area contributed by atoms with Crippen molar-refractivity contribution >= 4 is 19.1 Å². The third kappa shape index (κ3) is 1.87. The van der Waals surface area contributed by atoms with Gasteiger partial charge in [-0.25, -0.2) is 4.98 Å². The SMILES string of the molecule is C[Si](C)(C)Cc1cccc2[nH][c]nc12. The monoisotopic (exact) mass is 203 g/mol. The van der Waals surface area contributed by atoms with E-state index >= 15 is 0 Å². The number of imidazole rings is 1. The van der Waals surface area contributed by atoms with Crippen molar-refractivity contribution in [1.29, 1.82) is 0 Å². The van der Waals surface area contributed by atoms with E-state index in [-0.39, 0.29) is 0 Å². The molecule has 1 heterocycles. The fourth-order valence-electron chi connectivity index (χ4n) is 1.68. The van der Waals surface area contributed by atoms with Crippen LogP contribution in [0.1, 0.15) is 5.56 Å². The van der Waals surface area contributed by atoms with Crippen LogP contribution in [-0.4, -0.2) is 18.0 Å². The smallest absolute Gasteiger partial charge is 0.174 e. The first kappa shape index (κ1) is 9.46. The molecular formula is C11H15N2Si. The van der Waals surface area contributed by atoms with Crippen LogP contribution in [0.15, 0.2) is 18.2 Å². The molecule has 0 atom stereocenters. The Kier molecular flexibility index (Phi) is 2.19. The summed E-state index contributed by atoms with van der Waals surface area (Å²) in [5.74, 6) is 0. The van der Waals surface area contributed by atoms with E-state index in [2.05, 4.69) is 48.1 Å². The van der Waals surface area contributed by atoms with Crippen LogP contribution in [0.5, 0.6) is 0 Å². The summed E-state index contributed by atoms with van der Waals surface area (Å²) in [7, 11) is -1.06. The van der Waals surface area contributed by atoms with Crippen LogP contribution in [0.3, 0.4) is 0 Å². The van der Waals surface area contributed by atoms with Gasteiger partial charge in [-0.15, -0.1) is 0 Å². The molecule has 0 saturated heterocycles. The molecule has 0 fully saturated rings. The molecule has 2 nitrogen and oxygen atoms in total. The molecule has 0 aliphatic rings. The summed E-state index contributed by atoms with van der Waals surface area (Å²) in [6, 6.07) is 7.49. The molecule has 0 unspecified atom stereocenters. The number of para-hydroxylation sites is 1. The van der Waals surface area contributed by atoms with Crippen molar-refractivity contribution in [3.63, 3.8) is 0 Å². The van der Waals surface area contributed by atoms with E-state index in [0.717, 1.165) is 11.0 Å². The fraction of sp³-hybridized carbons (Fsp3) is 0.364. The lowest BCUT2D eigenvalue weighted by atomic mass is 10.2. The lowest BCUT2D eigenvalue weighted by Crippen LogP contribution is -2.23. The second-order valence-electron chi connectivity index (χ2n) is 4.90. The minimum Gasteiger partial charge on any atom is -0.335 e. The molecule has 0 aliphatic heterocycles. The molecule has 0 saturated carbocycles. The van der Waals surface area contributed by atoms with Gasteiger partial charge in [0.25, 0.3) is 0 Å². The summed E-state index contributed by atoms with van der Waals surface area (Å²) in [6.45, 7) is 7.13. The molecule has 1 N–H and O–H groups in total. The Labute approximate surface area is 85.4 Å². The minimum atomic E-state index is -1.06. The van der Waals surface area contributed by atoms with Crippen LogP contribution in [0, 0.1) is 6.33 Å². The van der Waals surface area contributed by atoms with Gasteiger partial charge in [0.15, 0.2) is 6.33 Å². The maximum Gasteiger partial charge on any atom is 0.174 e. The van der Waals surface area contributed by atoms with Crippen molar-refractivity contribution in [2.75, 3.05) is 0 Å². The summed E-state index contributed by atoms with van der Waals surface area (Å²) in [5.41, 5.74) is 3.55. The second-order valence-corrected chi connectivity index (χ2v) is 10.4. The highest BCUT2D eigenvalue weighted by atomic mass is 28.3. The number of aromatic nitrogens is 2. The summed E-state index contributed by atoms with van der Waals surface area (Å²) < 4.78 is 0. The van der Waals surface area contributed by atoms with Gasteiger partial charge in [0.2, 0.25) is 0 Å². The third-order valence-corrected chi connectivity index (χ3v) is 3.64. The van der Waals surface area contributed by atoms with Crippen LogP contribution in [0.25, 0.3) is 11.0 Å². The van der Waals surface area contributed by atoms with Gasteiger partial charge < -0.3 is 4.98 Å². The summed E-state index contributed by atoms with van der Waals surface area (Å²) in [6.07, 6.45) is 2.80. The normalized spacial score (nSPS) is 12.2. The Morgan fingerprint density at radius 2 is 2.14 bits per heavy atom. The Morgan fingerprint density at radius 1 is 1.36 bits per heavy atom. The second kappa shape index (κ2) is 3.24. The van der Waals surface area contributed by atoms with Gasteiger partial charge in [-0.2, -0.15) is 0 Å². The van der Waals surface area contributed by atoms with Gasteiger partial charge in [-0.05, 0) is 17.7 Å². The van der Waals surface area contributed by atoms with Crippen molar-refractivity contribution in [1.82, 2.24) is 9.97 Å². The Morgan fingerprint density at radius 3 is 2.86 bits per heavy atom. The van der Waals surface area contributed by atoms with E-state index in [9.17, 15) is 0 Å². The maximum absolute atomic E-state index is 4.24. The summed E-state index contributed by atoms with van der Waals surface area (Å²) >= 11 is 0. The molecule has 1 aromatic heterocycles. The number of nitrogens with one attached hydrogen (secondary N) is 1. The van der Waals surface area contributed by atoms with Crippen molar-refractivity contribution in [2.24, 2.45) is 0 Å². The van der Waals surface area contributed by atoms with Crippen LogP contribution in [-0.2, 0) is 6.04 Å². The van der Waals surface area contributed by atoms with Gasteiger partial charge >= 0.3 is 0 Å². The summed E-state index contributed by atoms with van der Waals surface area (Å²) in [4.78, 5) is 7.27. The molecule has 2 aromatic rings. The highest BCUT2D eigenvalue weighted by molar-refractivity contribution is 6.75. The average Bonchev–Trinajstić information content (AvgIpc) is 2.49. The number of benzene rings is 1. The zero-order valence-electron chi connectivity index (χ0n) is 8.89. The Hall–Kier alpha value is -1.09.